The zero-order chi connectivity index (χ0) is 19.4. The number of amides is 1. The molecule has 0 radical (unpaired) electrons. The monoisotopic (exact) mass is 375 g/mol. The third-order valence-electron chi connectivity index (χ3n) is 3.77. The minimum absolute atomic E-state index is 0.132. The average Bonchev–Trinajstić information content (AvgIpc) is 3.06. The Bertz CT molecular complexity index is 920. The van der Waals surface area contributed by atoms with Gasteiger partial charge in [-0.25, -0.2) is 9.48 Å². The zero-order valence-corrected chi connectivity index (χ0v) is 14.3. The van der Waals surface area contributed by atoms with Gasteiger partial charge in [-0.2, -0.15) is 18.3 Å². The molecule has 140 valence electrons. The van der Waals surface area contributed by atoms with Gasteiger partial charge in [0.2, 0.25) is 0 Å². The van der Waals surface area contributed by atoms with E-state index in [1.54, 1.807) is 18.2 Å². The molecular weight excluding hydrogens is 359 g/mol. The zero-order valence-electron chi connectivity index (χ0n) is 14.3. The standard InChI is InChI=1S/C19H16F3N3O2/c1-13-7-9-14(10-8-13)11-23-18(26)27-16-12-24-25(17(16)19(20,21)22)15-5-3-2-4-6-15/h2-10,12H,11H2,1H3,(H,23,26). The van der Waals surface area contributed by atoms with Crippen LogP contribution in [0.15, 0.2) is 60.8 Å². The molecule has 2 aromatic carbocycles. The van der Waals surface area contributed by atoms with Crippen LogP contribution in [-0.2, 0) is 12.7 Å². The highest BCUT2D eigenvalue weighted by atomic mass is 19.4. The normalized spacial score (nSPS) is 11.3. The molecule has 1 heterocycles. The smallest absolute Gasteiger partial charge is 0.406 e. The number of hydrogen-bond donors (Lipinski definition) is 1. The number of halogens is 3. The van der Waals surface area contributed by atoms with Crippen molar-refractivity contribution in [1.82, 2.24) is 15.1 Å². The lowest BCUT2D eigenvalue weighted by molar-refractivity contribution is -0.143. The number of para-hydroxylation sites is 1. The van der Waals surface area contributed by atoms with Gasteiger partial charge in [-0.1, -0.05) is 48.0 Å². The van der Waals surface area contributed by atoms with Gasteiger partial charge in [0, 0.05) is 6.54 Å². The fraction of sp³-hybridized carbons (Fsp3) is 0.158. The second-order valence-electron chi connectivity index (χ2n) is 5.83. The highest BCUT2D eigenvalue weighted by molar-refractivity contribution is 5.70. The molecule has 0 saturated carbocycles. The van der Waals surface area contributed by atoms with Crippen LogP contribution in [-0.4, -0.2) is 15.9 Å². The van der Waals surface area contributed by atoms with Crippen molar-refractivity contribution >= 4 is 6.09 Å². The summed E-state index contributed by atoms with van der Waals surface area (Å²) in [4.78, 5) is 11.9. The Labute approximate surface area is 153 Å². The Balaban J connectivity index is 1.77. The van der Waals surface area contributed by atoms with Crippen LogP contribution in [0.5, 0.6) is 5.75 Å². The van der Waals surface area contributed by atoms with Gasteiger partial charge in [0.25, 0.3) is 0 Å². The molecule has 8 heteroatoms. The van der Waals surface area contributed by atoms with Crippen molar-refractivity contribution in [3.8, 4) is 11.4 Å². The Kier molecular flexibility index (Phi) is 5.16. The lowest BCUT2D eigenvalue weighted by atomic mass is 10.1. The molecule has 27 heavy (non-hydrogen) atoms. The minimum Gasteiger partial charge on any atom is -0.406 e. The summed E-state index contributed by atoms with van der Waals surface area (Å²) in [7, 11) is 0. The van der Waals surface area contributed by atoms with Crippen LogP contribution < -0.4 is 10.1 Å². The Hall–Kier alpha value is -3.29. The van der Waals surface area contributed by atoms with E-state index in [1.165, 1.54) is 12.1 Å². The van der Waals surface area contributed by atoms with Gasteiger partial charge in [0.15, 0.2) is 11.4 Å². The van der Waals surface area contributed by atoms with E-state index in [9.17, 15) is 18.0 Å². The number of benzene rings is 2. The number of nitrogens with one attached hydrogen (secondary N) is 1. The third kappa shape index (κ3) is 4.46. The lowest BCUT2D eigenvalue weighted by Crippen LogP contribution is -2.27. The maximum absolute atomic E-state index is 13.5. The summed E-state index contributed by atoms with van der Waals surface area (Å²) >= 11 is 0. The number of carbonyl (C=O) groups is 1. The molecule has 0 atom stereocenters. The van der Waals surface area contributed by atoms with Gasteiger partial charge in [0.1, 0.15) is 0 Å². The first-order chi connectivity index (χ1) is 12.8. The van der Waals surface area contributed by atoms with E-state index in [2.05, 4.69) is 10.4 Å². The van der Waals surface area contributed by atoms with Crippen molar-refractivity contribution in [2.24, 2.45) is 0 Å². The van der Waals surface area contributed by atoms with Crippen molar-refractivity contribution in [2.75, 3.05) is 0 Å². The first-order valence-corrected chi connectivity index (χ1v) is 8.06. The molecule has 3 rings (SSSR count). The second kappa shape index (κ2) is 7.53. The molecule has 0 saturated heterocycles. The van der Waals surface area contributed by atoms with E-state index >= 15 is 0 Å². The summed E-state index contributed by atoms with van der Waals surface area (Å²) in [5.74, 6) is -0.659. The number of aromatic nitrogens is 2. The molecule has 1 aromatic heterocycles. The molecule has 0 aliphatic heterocycles. The van der Waals surface area contributed by atoms with Gasteiger partial charge in [0.05, 0.1) is 11.9 Å². The van der Waals surface area contributed by atoms with E-state index in [-0.39, 0.29) is 12.2 Å². The highest BCUT2D eigenvalue weighted by Crippen LogP contribution is 2.37. The number of aryl methyl sites for hydroxylation is 1. The van der Waals surface area contributed by atoms with Gasteiger partial charge in [-0.3, -0.25) is 0 Å². The van der Waals surface area contributed by atoms with Crippen molar-refractivity contribution in [2.45, 2.75) is 19.6 Å². The molecule has 0 unspecified atom stereocenters. The average molecular weight is 375 g/mol. The minimum atomic E-state index is -4.75. The van der Waals surface area contributed by atoms with Crippen LogP contribution in [0.4, 0.5) is 18.0 Å². The molecule has 1 amide bonds. The molecule has 0 aliphatic carbocycles. The van der Waals surface area contributed by atoms with Gasteiger partial charge < -0.3 is 10.1 Å². The van der Waals surface area contributed by atoms with Crippen LogP contribution in [0.25, 0.3) is 5.69 Å². The number of carbonyl (C=O) groups excluding carboxylic acids is 1. The van der Waals surface area contributed by atoms with E-state index in [4.69, 9.17) is 4.74 Å². The van der Waals surface area contributed by atoms with Crippen LogP contribution in [0, 0.1) is 6.92 Å². The summed E-state index contributed by atoms with van der Waals surface area (Å²) < 4.78 is 46.0. The van der Waals surface area contributed by atoms with Gasteiger partial charge in [-0.15, -0.1) is 0 Å². The molecule has 3 aromatic rings. The second-order valence-corrected chi connectivity index (χ2v) is 5.83. The van der Waals surface area contributed by atoms with Crippen LogP contribution in [0.3, 0.4) is 0 Å². The number of rotatable bonds is 4. The number of alkyl halides is 3. The Morgan fingerprint density at radius 3 is 2.41 bits per heavy atom. The van der Waals surface area contributed by atoms with E-state index in [0.717, 1.165) is 17.3 Å². The van der Waals surface area contributed by atoms with Gasteiger partial charge >= 0.3 is 12.3 Å². The molecule has 0 bridgehead atoms. The lowest BCUT2D eigenvalue weighted by Gasteiger charge is -2.12. The molecule has 5 nitrogen and oxygen atoms in total. The van der Waals surface area contributed by atoms with Crippen molar-refractivity contribution < 1.29 is 22.7 Å². The highest BCUT2D eigenvalue weighted by Gasteiger charge is 2.40. The maximum Gasteiger partial charge on any atom is 0.437 e. The summed E-state index contributed by atoms with van der Waals surface area (Å²) in [6, 6.07) is 15.2. The molecule has 0 fully saturated rings. The SMILES string of the molecule is Cc1ccc(CNC(=O)Oc2cnn(-c3ccccc3)c2C(F)(F)F)cc1. The van der Waals surface area contributed by atoms with Crippen LogP contribution in [0.2, 0.25) is 0 Å². The Morgan fingerprint density at radius 2 is 1.78 bits per heavy atom. The Morgan fingerprint density at radius 1 is 1.11 bits per heavy atom. The first kappa shape index (κ1) is 18.5. The third-order valence-corrected chi connectivity index (χ3v) is 3.77. The number of ether oxygens (including phenoxy) is 1. The van der Waals surface area contributed by atoms with Crippen LogP contribution in [0.1, 0.15) is 16.8 Å². The molecule has 1 N–H and O–H groups in total. The maximum atomic E-state index is 13.5. The fourth-order valence-electron chi connectivity index (χ4n) is 2.45. The molecule has 0 spiro atoms. The largest absolute Gasteiger partial charge is 0.437 e. The quantitative estimate of drug-likeness (QED) is 0.731. The van der Waals surface area contributed by atoms with Crippen molar-refractivity contribution in [1.29, 1.82) is 0 Å². The fourth-order valence-corrected chi connectivity index (χ4v) is 2.45. The topological polar surface area (TPSA) is 56.1 Å². The summed E-state index contributed by atoms with van der Waals surface area (Å²) in [5, 5.41) is 6.15. The van der Waals surface area contributed by atoms with E-state index < -0.39 is 23.7 Å². The molecule has 0 aliphatic rings. The number of hydrogen-bond acceptors (Lipinski definition) is 3. The predicted octanol–water partition coefficient (Wildman–Crippen LogP) is 4.49. The van der Waals surface area contributed by atoms with E-state index in [0.29, 0.717) is 4.68 Å². The van der Waals surface area contributed by atoms with Gasteiger partial charge in [-0.05, 0) is 24.6 Å². The summed E-state index contributed by atoms with van der Waals surface area (Å²) in [6.45, 7) is 2.06. The van der Waals surface area contributed by atoms with E-state index in [1.807, 2.05) is 31.2 Å². The van der Waals surface area contributed by atoms with Crippen molar-refractivity contribution in [3.05, 3.63) is 77.6 Å². The summed E-state index contributed by atoms with van der Waals surface area (Å²) in [6.07, 6.45) is -4.87. The summed E-state index contributed by atoms with van der Waals surface area (Å²) in [5.41, 5.74) is 0.914. The van der Waals surface area contributed by atoms with Crippen molar-refractivity contribution in [3.63, 3.8) is 0 Å². The van der Waals surface area contributed by atoms with Crippen LogP contribution >= 0.6 is 0 Å². The first-order valence-electron chi connectivity index (χ1n) is 8.06. The number of nitrogens with zero attached hydrogens (tertiary/aromatic N) is 2. The predicted molar refractivity (Wildman–Crippen MR) is 92.6 cm³/mol. The molecular formula is C19H16F3N3O2.